The molecule has 1 N–H and O–H groups in total. The van der Waals surface area contributed by atoms with E-state index in [1.807, 2.05) is 42.2 Å². The Bertz CT molecular complexity index is 1080. The van der Waals surface area contributed by atoms with Crippen LogP contribution in [0.3, 0.4) is 0 Å². The molecule has 0 saturated carbocycles. The summed E-state index contributed by atoms with van der Waals surface area (Å²) in [6.07, 6.45) is 12.3. The number of halogens is 1. The van der Waals surface area contributed by atoms with E-state index in [9.17, 15) is 9.90 Å². The fraction of sp³-hybridized carbons (Fsp3) is 0.345. The van der Waals surface area contributed by atoms with Crippen molar-refractivity contribution in [2.24, 2.45) is 11.8 Å². The molecule has 4 rings (SSSR count). The number of carbonyl (C=O) groups excluding carboxylic acids is 1. The smallest absolute Gasteiger partial charge is 0.146 e. The number of aldehydes is 1. The Balaban J connectivity index is 1.72. The van der Waals surface area contributed by atoms with E-state index in [0.29, 0.717) is 18.8 Å². The van der Waals surface area contributed by atoms with Gasteiger partial charge in [-0.05, 0) is 85.1 Å². The van der Waals surface area contributed by atoms with E-state index >= 15 is 4.39 Å². The number of hydrogen-bond donors (Lipinski definition) is 1. The van der Waals surface area contributed by atoms with E-state index in [1.165, 1.54) is 5.57 Å². The first-order valence-electron chi connectivity index (χ1n) is 11.8. The van der Waals surface area contributed by atoms with Gasteiger partial charge in [-0.2, -0.15) is 0 Å². The third-order valence-electron chi connectivity index (χ3n) is 7.18. The number of benzene rings is 2. The molecular formula is C29H32FNO2. The fourth-order valence-electron chi connectivity index (χ4n) is 5.44. The highest BCUT2D eigenvalue weighted by Crippen LogP contribution is 2.46. The minimum atomic E-state index is -0.217. The van der Waals surface area contributed by atoms with Crippen LogP contribution in [0.15, 0.2) is 72.9 Å². The summed E-state index contributed by atoms with van der Waals surface area (Å²) in [5, 5.41) is 10.0. The normalized spacial score (nSPS) is 21.8. The third kappa shape index (κ3) is 4.80. The highest BCUT2D eigenvalue weighted by molar-refractivity contribution is 5.57. The molecule has 0 spiro atoms. The summed E-state index contributed by atoms with van der Waals surface area (Å²) >= 11 is 0. The second-order valence-electron chi connectivity index (χ2n) is 9.06. The zero-order valence-electron chi connectivity index (χ0n) is 19.2. The van der Waals surface area contributed by atoms with Gasteiger partial charge in [0.2, 0.25) is 0 Å². The van der Waals surface area contributed by atoms with Gasteiger partial charge in [0.15, 0.2) is 0 Å². The second-order valence-corrected chi connectivity index (χ2v) is 9.06. The molecule has 2 aromatic rings. The maximum absolute atomic E-state index is 15.4. The third-order valence-corrected chi connectivity index (χ3v) is 7.18. The molecule has 2 atom stereocenters. The number of piperidine rings is 1. The van der Waals surface area contributed by atoms with Gasteiger partial charge in [-0.3, -0.25) is 0 Å². The minimum Gasteiger partial charge on any atom is -0.508 e. The summed E-state index contributed by atoms with van der Waals surface area (Å²) in [7, 11) is 0. The highest BCUT2D eigenvalue weighted by Gasteiger charge is 2.33. The first kappa shape index (κ1) is 23.0. The lowest BCUT2D eigenvalue weighted by atomic mass is 9.69. The number of rotatable bonds is 6. The number of phenols is 1. The number of hydrogen-bond acceptors (Lipinski definition) is 3. The summed E-state index contributed by atoms with van der Waals surface area (Å²) in [5.41, 5.74) is 5.04. The number of phenolic OH excluding ortho intramolecular Hbond substituents is 1. The van der Waals surface area contributed by atoms with Crippen LogP contribution < -0.4 is 4.90 Å². The zero-order valence-corrected chi connectivity index (χ0v) is 19.2. The first-order chi connectivity index (χ1) is 16.0. The molecule has 1 saturated heterocycles. The molecule has 1 aliphatic heterocycles. The average Bonchev–Trinajstić information content (AvgIpc) is 2.84. The number of allylic oxidation sites excluding steroid dienone is 5. The van der Waals surface area contributed by atoms with Crippen molar-refractivity contribution in [3.05, 3.63) is 95.4 Å². The van der Waals surface area contributed by atoms with Crippen LogP contribution in [0.4, 0.5) is 10.1 Å². The molecule has 172 valence electrons. The zero-order chi connectivity index (χ0) is 23.4. The number of nitrogens with zero attached hydrogens (tertiary/aromatic N) is 1. The van der Waals surface area contributed by atoms with Gasteiger partial charge in [0.1, 0.15) is 17.9 Å². The molecular weight excluding hydrogens is 413 g/mol. The van der Waals surface area contributed by atoms with Crippen LogP contribution in [0.2, 0.25) is 0 Å². The van der Waals surface area contributed by atoms with Crippen LogP contribution in [0, 0.1) is 17.7 Å². The standard InChI is InChI=1S/C29H32FNO2/c1-3-5-6-21(4-2)25-10-7-22-17-24(33)9-11-26(22)29(25)23-8-12-28(27(30)18-23)31-15-13-20(19-32)14-16-31/h3-6,8-9,11-12,17-20,25,29,33H,1,7,10,13-16H2,2H3/b6-5-,21-4+. The van der Waals surface area contributed by atoms with Gasteiger partial charge in [-0.25, -0.2) is 4.39 Å². The van der Waals surface area contributed by atoms with Gasteiger partial charge in [-0.15, -0.1) is 0 Å². The van der Waals surface area contributed by atoms with E-state index in [4.69, 9.17) is 0 Å². The molecule has 0 aromatic heterocycles. The second kappa shape index (κ2) is 10.2. The number of anilines is 1. The van der Waals surface area contributed by atoms with E-state index in [0.717, 1.165) is 48.7 Å². The lowest BCUT2D eigenvalue weighted by Crippen LogP contribution is -2.34. The summed E-state index contributed by atoms with van der Waals surface area (Å²) in [6.45, 7) is 7.23. The van der Waals surface area contributed by atoms with Gasteiger partial charge in [0.25, 0.3) is 0 Å². The fourth-order valence-corrected chi connectivity index (χ4v) is 5.44. The van der Waals surface area contributed by atoms with E-state index in [1.54, 1.807) is 18.2 Å². The topological polar surface area (TPSA) is 40.5 Å². The average molecular weight is 446 g/mol. The van der Waals surface area contributed by atoms with Gasteiger partial charge < -0.3 is 14.8 Å². The predicted molar refractivity (Wildman–Crippen MR) is 132 cm³/mol. The lowest BCUT2D eigenvalue weighted by molar-refractivity contribution is -0.111. The van der Waals surface area contributed by atoms with Gasteiger partial charge in [-0.1, -0.05) is 43.0 Å². The van der Waals surface area contributed by atoms with Crippen molar-refractivity contribution in [2.75, 3.05) is 18.0 Å². The molecule has 1 heterocycles. The molecule has 0 bridgehead atoms. The molecule has 0 radical (unpaired) electrons. The minimum absolute atomic E-state index is 0.000588. The van der Waals surface area contributed by atoms with Crippen LogP contribution in [0.5, 0.6) is 5.75 Å². The van der Waals surface area contributed by atoms with Crippen molar-refractivity contribution in [1.29, 1.82) is 0 Å². The Labute approximate surface area is 195 Å². The Hall–Kier alpha value is -3.14. The molecule has 2 aromatic carbocycles. The van der Waals surface area contributed by atoms with Crippen LogP contribution in [-0.4, -0.2) is 24.5 Å². The molecule has 33 heavy (non-hydrogen) atoms. The molecule has 0 amide bonds. The first-order valence-corrected chi connectivity index (χ1v) is 11.8. The van der Waals surface area contributed by atoms with Crippen molar-refractivity contribution in [3.63, 3.8) is 0 Å². The van der Waals surface area contributed by atoms with Crippen molar-refractivity contribution in [3.8, 4) is 5.75 Å². The summed E-state index contributed by atoms with van der Waals surface area (Å²) in [5.74, 6) is 0.341. The van der Waals surface area contributed by atoms with Gasteiger partial charge in [0, 0.05) is 24.9 Å². The molecule has 1 fully saturated rings. The predicted octanol–water partition coefficient (Wildman–Crippen LogP) is 6.33. The van der Waals surface area contributed by atoms with Crippen molar-refractivity contribution < 1.29 is 14.3 Å². The maximum atomic E-state index is 15.4. The van der Waals surface area contributed by atoms with Crippen LogP contribution in [0.25, 0.3) is 0 Å². The van der Waals surface area contributed by atoms with Crippen LogP contribution in [-0.2, 0) is 11.2 Å². The van der Waals surface area contributed by atoms with Gasteiger partial charge in [0.05, 0.1) is 5.69 Å². The Morgan fingerprint density at radius 2 is 1.94 bits per heavy atom. The highest BCUT2D eigenvalue weighted by atomic mass is 19.1. The largest absolute Gasteiger partial charge is 0.508 e. The number of aromatic hydroxyl groups is 1. The maximum Gasteiger partial charge on any atom is 0.146 e. The Morgan fingerprint density at radius 3 is 2.61 bits per heavy atom. The monoisotopic (exact) mass is 445 g/mol. The molecule has 2 unspecified atom stereocenters. The van der Waals surface area contributed by atoms with Gasteiger partial charge >= 0.3 is 0 Å². The molecule has 3 nitrogen and oxygen atoms in total. The SMILES string of the molecule is C=C/C=C\C(=C/C)C1CCc2cc(O)ccc2C1c1ccc(N2CCC(C=O)CC2)c(F)c1. The number of carbonyl (C=O) groups is 1. The van der Waals surface area contributed by atoms with E-state index < -0.39 is 0 Å². The lowest BCUT2D eigenvalue weighted by Gasteiger charge is -2.36. The molecule has 2 aliphatic rings. The van der Waals surface area contributed by atoms with E-state index in [2.05, 4.69) is 18.7 Å². The van der Waals surface area contributed by atoms with Crippen molar-refractivity contribution in [2.45, 2.75) is 38.5 Å². The van der Waals surface area contributed by atoms with Crippen LogP contribution in [0.1, 0.15) is 48.8 Å². The Kier molecular flexibility index (Phi) is 7.12. The van der Waals surface area contributed by atoms with Crippen molar-refractivity contribution in [1.82, 2.24) is 0 Å². The summed E-state index contributed by atoms with van der Waals surface area (Å²) < 4.78 is 15.4. The quantitative estimate of drug-likeness (QED) is 0.417. The summed E-state index contributed by atoms with van der Waals surface area (Å²) in [6, 6.07) is 11.2. The molecule has 1 aliphatic carbocycles. The summed E-state index contributed by atoms with van der Waals surface area (Å²) in [4.78, 5) is 13.1. The Morgan fingerprint density at radius 1 is 1.15 bits per heavy atom. The number of fused-ring (bicyclic) bond motifs is 1. The molecule has 4 heteroatoms. The number of aryl methyl sites for hydroxylation is 1. The van der Waals surface area contributed by atoms with Crippen LogP contribution >= 0.6 is 0 Å². The van der Waals surface area contributed by atoms with Crippen molar-refractivity contribution >= 4 is 12.0 Å². The van der Waals surface area contributed by atoms with E-state index in [-0.39, 0.29) is 29.3 Å².